The fourth-order valence-corrected chi connectivity index (χ4v) is 2.17. The van der Waals surface area contributed by atoms with Crippen molar-refractivity contribution in [3.05, 3.63) is 29.3 Å². The van der Waals surface area contributed by atoms with Crippen LogP contribution in [0.3, 0.4) is 0 Å². The standard InChI is InChI=1S/C14H20N2O2/c1-10-3-2-4-11(12(10)15)13(18)16-9-14(5-6-14)7-8-17/h2-4,17H,5-9,15H2,1H3,(H,16,18). The van der Waals surface area contributed by atoms with Gasteiger partial charge < -0.3 is 16.2 Å². The Morgan fingerprint density at radius 1 is 1.50 bits per heavy atom. The van der Waals surface area contributed by atoms with E-state index in [9.17, 15) is 4.79 Å². The molecule has 18 heavy (non-hydrogen) atoms. The molecule has 2 rings (SSSR count). The third-order valence-electron chi connectivity index (χ3n) is 3.79. The number of carbonyl (C=O) groups is 1. The van der Waals surface area contributed by atoms with Crippen molar-refractivity contribution in [1.82, 2.24) is 5.32 Å². The van der Waals surface area contributed by atoms with E-state index in [2.05, 4.69) is 5.32 Å². The van der Waals surface area contributed by atoms with E-state index >= 15 is 0 Å². The van der Waals surface area contributed by atoms with Crippen LogP contribution in [0.25, 0.3) is 0 Å². The molecule has 0 saturated heterocycles. The van der Waals surface area contributed by atoms with Crippen LogP contribution in [0.4, 0.5) is 5.69 Å². The molecule has 0 spiro atoms. The Balaban J connectivity index is 1.98. The highest BCUT2D eigenvalue weighted by Crippen LogP contribution is 2.47. The van der Waals surface area contributed by atoms with Crippen molar-refractivity contribution in [1.29, 1.82) is 0 Å². The van der Waals surface area contributed by atoms with Gasteiger partial charge in [0.15, 0.2) is 0 Å². The maximum Gasteiger partial charge on any atom is 0.253 e. The van der Waals surface area contributed by atoms with Crippen molar-refractivity contribution < 1.29 is 9.90 Å². The van der Waals surface area contributed by atoms with Crippen molar-refractivity contribution in [3.63, 3.8) is 0 Å². The molecule has 4 heteroatoms. The molecule has 1 aromatic rings. The molecular formula is C14H20N2O2. The number of amides is 1. The molecule has 4 N–H and O–H groups in total. The van der Waals surface area contributed by atoms with E-state index in [0.717, 1.165) is 24.8 Å². The van der Waals surface area contributed by atoms with Gasteiger partial charge in [-0.15, -0.1) is 0 Å². The van der Waals surface area contributed by atoms with Crippen molar-refractivity contribution in [2.75, 3.05) is 18.9 Å². The molecule has 0 unspecified atom stereocenters. The predicted molar refractivity (Wildman–Crippen MR) is 71.3 cm³/mol. The number of aliphatic hydroxyl groups is 1. The van der Waals surface area contributed by atoms with Gasteiger partial charge in [-0.3, -0.25) is 4.79 Å². The van der Waals surface area contributed by atoms with E-state index in [1.165, 1.54) is 0 Å². The van der Waals surface area contributed by atoms with Gasteiger partial charge in [0, 0.05) is 18.8 Å². The smallest absolute Gasteiger partial charge is 0.253 e. The minimum Gasteiger partial charge on any atom is -0.398 e. The number of rotatable bonds is 5. The molecule has 0 heterocycles. The summed E-state index contributed by atoms with van der Waals surface area (Å²) in [4.78, 5) is 12.0. The molecule has 0 bridgehead atoms. The maximum atomic E-state index is 12.0. The zero-order valence-electron chi connectivity index (χ0n) is 10.7. The Morgan fingerprint density at radius 2 is 2.22 bits per heavy atom. The highest BCUT2D eigenvalue weighted by Gasteiger charge is 2.41. The number of carbonyl (C=O) groups excluding carboxylic acids is 1. The average molecular weight is 248 g/mol. The van der Waals surface area contributed by atoms with E-state index in [1.807, 2.05) is 19.1 Å². The van der Waals surface area contributed by atoms with Gasteiger partial charge in [-0.2, -0.15) is 0 Å². The molecule has 98 valence electrons. The van der Waals surface area contributed by atoms with E-state index in [0.29, 0.717) is 17.8 Å². The molecule has 1 fully saturated rings. The summed E-state index contributed by atoms with van der Waals surface area (Å²) in [6, 6.07) is 5.46. The summed E-state index contributed by atoms with van der Waals surface area (Å²) < 4.78 is 0. The summed E-state index contributed by atoms with van der Waals surface area (Å²) in [5.41, 5.74) is 8.02. The lowest BCUT2D eigenvalue weighted by Crippen LogP contribution is -2.31. The zero-order valence-corrected chi connectivity index (χ0v) is 10.7. The van der Waals surface area contributed by atoms with Crippen LogP contribution in [-0.2, 0) is 0 Å². The third kappa shape index (κ3) is 2.64. The average Bonchev–Trinajstić information content (AvgIpc) is 3.11. The first-order valence-corrected chi connectivity index (χ1v) is 6.32. The highest BCUT2D eigenvalue weighted by atomic mass is 16.3. The first-order valence-electron chi connectivity index (χ1n) is 6.32. The second-order valence-electron chi connectivity index (χ2n) is 5.19. The zero-order chi connectivity index (χ0) is 13.2. The van der Waals surface area contributed by atoms with Crippen LogP contribution in [0, 0.1) is 12.3 Å². The van der Waals surface area contributed by atoms with E-state index in [-0.39, 0.29) is 17.9 Å². The number of para-hydroxylation sites is 1. The molecule has 1 aliphatic carbocycles. The maximum absolute atomic E-state index is 12.0. The number of nitrogens with one attached hydrogen (secondary N) is 1. The van der Waals surface area contributed by atoms with Gasteiger partial charge in [-0.05, 0) is 43.2 Å². The topological polar surface area (TPSA) is 75.3 Å². The normalized spacial score (nSPS) is 16.3. The molecule has 0 aromatic heterocycles. The Bertz CT molecular complexity index is 453. The van der Waals surface area contributed by atoms with E-state index in [1.54, 1.807) is 6.07 Å². The SMILES string of the molecule is Cc1cccc(C(=O)NCC2(CCO)CC2)c1N. The van der Waals surface area contributed by atoms with Crippen LogP contribution < -0.4 is 11.1 Å². The minimum absolute atomic E-state index is 0.125. The van der Waals surface area contributed by atoms with Gasteiger partial charge >= 0.3 is 0 Å². The molecule has 1 saturated carbocycles. The van der Waals surface area contributed by atoms with Gasteiger partial charge in [-0.1, -0.05) is 12.1 Å². The largest absolute Gasteiger partial charge is 0.398 e. The van der Waals surface area contributed by atoms with Gasteiger partial charge in [0.2, 0.25) is 0 Å². The number of benzene rings is 1. The van der Waals surface area contributed by atoms with Crippen molar-refractivity contribution >= 4 is 11.6 Å². The lowest BCUT2D eigenvalue weighted by atomic mass is 10.0. The van der Waals surface area contributed by atoms with Crippen LogP contribution in [0.15, 0.2) is 18.2 Å². The van der Waals surface area contributed by atoms with Crippen molar-refractivity contribution in [2.45, 2.75) is 26.2 Å². The fourth-order valence-electron chi connectivity index (χ4n) is 2.17. The minimum atomic E-state index is -0.125. The third-order valence-corrected chi connectivity index (χ3v) is 3.79. The second-order valence-corrected chi connectivity index (χ2v) is 5.19. The number of anilines is 1. The highest BCUT2D eigenvalue weighted by molar-refractivity contribution is 5.99. The lowest BCUT2D eigenvalue weighted by molar-refractivity contribution is 0.0941. The molecule has 1 aliphatic rings. The number of hydrogen-bond donors (Lipinski definition) is 3. The van der Waals surface area contributed by atoms with Crippen LogP contribution in [0.1, 0.15) is 35.2 Å². The van der Waals surface area contributed by atoms with Crippen LogP contribution in [0.2, 0.25) is 0 Å². The van der Waals surface area contributed by atoms with Gasteiger partial charge in [0.25, 0.3) is 5.91 Å². The molecule has 1 amide bonds. The summed E-state index contributed by atoms with van der Waals surface area (Å²) in [5.74, 6) is -0.125. The van der Waals surface area contributed by atoms with Crippen LogP contribution >= 0.6 is 0 Å². The van der Waals surface area contributed by atoms with E-state index < -0.39 is 0 Å². The van der Waals surface area contributed by atoms with E-state index in [4.69, 9.17) is 10.8 Å². The monoisotopic (exact) mass is 248 g/mol. The predicted octanol–water partition coefficient (Wildman–Crippen LogP) is 1.47. The first-order chi connectivity index (χ1) is 8.58. The molecule has 0 atom stereocenters. The molecule has 4 nitrogen and oxygen atoms in total. The van der Waals surface area contributed by atoms with Crippen LogP contribution in [-0.4, -0.2) is 24.2 Å². The van der Waals surface area contributed by atoms with Crippen molar-refractivity contribution in [2.24, 2.45) is 5.41 Å². The fraction of sp³-hybridized carbons (Fsp3) is 0.500. The summed E-state index contributed by atoms with van der Waals surface area (Å²) >= 11 is 0. The van der Waals surface area contributed by atoms with Gasteiger partial charge in [0.05, 0.1) is 5.56 Å². The lowest BCUT2D eigenvalue weighted by Gasteiger charge is -2.15. The number of aliphatic hydroxyl groups excluding tert-OH is 1. The molecular weight excluding hydrogens is 228 g/mol. The van der Waals surface area contributed by atoms with Crippen LogP contribution in [0.5, 0.6) is 0 Å². The summed E-state index contributed by atoms with van der Waals surface area (Å²) in [5, 5.41) is 11.9. The molecule has 0 radical (unpaired) electrons. The number of aryl methyl sites for hydroxylation is 1. The molecule has 0 aliphatic heterocycles. The second kappa shape index (κ2) is 4.98. The Kier molecular flexibility index (Phi) is 3.57. The number of hydrogen-bond acceptors (Lipinski definition) is 3. The first kappa shape index (κ1) is 12.9. The summed E-state index contributed by atoms with van der Waals surface area (Å²) in [6.45, 7) is 2.70. The number of nitrogen functional groups attached to an aromatic ring is 1. The Morgan fingerprint density at radius 3 is 2.83 bits per heavy atom. The van der Waals surface area contributed by atoms with Gasteiger partial charge in [0.1, 0.15) is 0 Å². The summed E-state index contributed by atoms with van der Waals surface area (Å²) in [7, 11) is 0. The van der Waals surface area contributed by atoms with Crippen molar-refractivity contribution in [3.8, 4) is 0 Å². The Labute approximate surface area is 107 Å². The van der Waals surface area contributed by atoms with Gasteiger partial charge in [-0.25, -0.2) is 0 Å². The quantitative estimate of drug-likeness (QED) is 0.691. The molecule has 1 aromatic carbocycles. The summed E-state index contributed by atoms with van der Waals surface area (Å²) in [6.07, 6.45) is 2.92. The Hall–Kier alpha value is -1.55. The number of nitrogens with two attached hydrogens (primary N) is 1.